The fourth-order valence-corrected chi connectivity index (χ4v) is 4.22. The summed E-state index contributed by atoms with van der Waals surface area (Å²) in [4.78, 5) is 19.2. The number of nitrogens with zero attached hydrogens (tertiary/aromatic N) is 4. The highest BCUT2D eigenvalue weighted by atomic mass is 16.4. The van der Waals surface area contributed by atoms with Gasteiger partial charge in [0.2, 0.25) is 5.91 Å². The summed E-state index contributed by atoms with van der Waals surface area (Å²) in [6.07, 6.45) is 6.22. The number of hydrogen-bond acceptors (Lipinski definition) is 5. The van der Waals surface area contributed by atoms with Crippen LogP contribution >= 0.6 is 0 Å². The molecule has 2 aromatic heterocycles. The van der Waals surface area contributed by atoms with Crippen molar-refractivity contribution in [3.8, 4) is 0 Å². The molecule has 1 N–H and O–H groups in total. The quantitative estimate of drug-likeness (QED) is 0.780. The molecule has 2 fully saturated rings. The number of likely N-dealkylation sites (tertiary alicyclic amines) is 1. The Morgan fingerprint density at radius 2 is 2.31 bits per heavy atom. The molecule has 0 bridgehead atoms. The van der Waals surface area contributed by atoms with Crippen LogP contribution in [0.3, 0.4) is 0 Å². The number of carbonyl (C=O) groups is 1. The number of rotatable bonds is 4. The van der Waals surface area contributed by atoms with Crippen LogP contribution in [0.15, 0.2) is 41.1 Å². The zero-order valence-corrected chi connectivity index (χ0v) is 14.7. The van der Waals surface area contributed by atoms with E-state index in [1.54, 1.807) is 10.9 Å². The van der Waals surface area contributed by atoms with Crippen molar-refractivity contribution in [2.24, 2.45) is 13.0 Å². The first-order chi connectivity index (χ1) is 12.6. The largest absolute Gasteiger partial charge is 0.424 e. The lowest BCUT2D eigenvalue weighted by Crippen LogP contribution is -2.53. The first-order valence-corrected chi connectivity index (χ1v) is 9.00. The third-order valence-corrected chi connectivity index (χ3v) is 5.75. The Balaban J connectivity index is 1.31. The molecular weight excluding hydrogens is 330 g/mol. The minimum Gasteiger partial charge on any atom is -0.424 e. The number of para-hydroxylation sites is 2. The summed E-state index contributed by atoms with van der Waals surface area (Å²) >= 11 is 0. The van der Waals surface area contributed by atoms with Crippen LogP contribution in [0.5, 0.6) is 0 Å². The SMILES string of the molecule is Cn1cc(CC(=O)N2CC3CCC3(Nc3nc4ccccc4o3)C2)cn1. The Labute approximate surface area is 151 Å². The number of fused-ring (bicyclic) bond motifs is 2. The number of anilines is 1. The van der Waals surface area contributed by atoms with Gasteiger partial charge in [-0.05, 0) is 30.5 Å². The van der Waals surface area contributed by atoms with Crippen LogP contribution in [0.4, 0.5) is 6.01 Å². The highest BCUT2D eigenvalue weighted by molar-refractivity contribution is 5.79. The van der Waals surface area contributed by atoms with E-state index in [2.05, 4.69) is 15.4 Å². The summed E-state index contributed by atoms with van der Waals surface area (Å²) in [5.74, 6) is 0.613. The second-order valence-electron chi connectivity index (χ2n) is 7.48. The number of aryl methyl sites for hydroxylation is 1. The molecule has 5 rings (SSSR count). The van der Waals surface area contributed by atoms with Gasteiger partial charge in [0.25, 0.3) is 6.01 Å². The number of hydrogen-bond donors (Lipinski definition) is 1. The summed E-state index contributed by atoms with van der Waals surface area (Å²) in [7, 11) is 1.86. The van der Waals surface area contributed by atoms with E-state index in [0.717, 1.165) is 36.0 Å². The van der Waals surface area contributed by atoms with Gasteiger partial charge in [-0.1, -0.05) is 12.1 Å². The molecule has 7 heteroatoms. The topological polar surface area (TPSA) is 76.2 Å². The zero-order chi connectivity index (χ0) is 17.7. The maximum absolute atomic E-state index is 12.7. The molecule has 0 radical (unpaired) electrons. The summed E-state index contributed by atoms with van der Waals surface area (Å²) in [5.41, 5.74) is 2.48. The van der Waals surface area contributed by atoms with E-state index < -0.39 is 0 Å². The monoisotopic (exact) mass is 351 g/mol. The van der Waals surface area contributed by atoms with Crippen LogP contribution < -0.4 is 5.32 Å². The van der Waals surface area contributed by atoms with Crippen molar-refractivity contribution in [2.75, 3.05) is 18.4 Å². The van der Waals surface area contributed by atoms with Crippen LogP contribution in [0.2, 0.25) is 0 Å². The molecule has 134 valence electrons. The predicted octanol–water partition coefficient (Wildman–Crippen LogP) is 2.21. The highest BCUT2D eigenvalue weighted by Crippen LogP contribution is 2.46. The third-order valence-electron chi connectivity index (χ3n) is 5.75. The minimum atomic E-state index is -0.106. The predicted molar refractivity (Wildman–Crippen MR) is 96.6 cm³/mol. The lowest BCUT2D eigenvalue weighted by Gasteiger charge is -2.43. The molecule has 1 aromatic carbocycles. The number of benzene rings is 1. The van der Waals surface area contributed by atoms with Gasteiger partial charge in [-0.3, -0.25) is 9.48 Å². The molecule has 1 aliphatic heterocycles. The summed E-state index contributed by atoms with van der Waals surface area (Å²) in [5, 5.41) is 7.65. The Morgan fingerprint density at radius 3 is 3.04 bits per heavy atom. The van der Waals surface area contributed by atoms with Gasteiger partial charge in [-0.15, -0.1) is 0 Å². The molecule has 3 heterocycles. The van der Waals surface area contributed by atoms with Gasteiger partial charge in [0.1, 0.15) is 5.52 Å². The molecular formula is C19H21N5O2. The van der Waals surface area contributed by atoms with E-state index in [1.807, 2.05) is 42.4 Å². The molecule has 26 heavy (non-hydrogen) atoms. The molecule has 3 aromatic rings. The van der Waals surface area contributed by atoms with Crippen molar-refractivity contribution >= 4 is 23.0 Å². The van der Waals surface area contributed by atoms with Gasteiger partial charge in [-0.2, -0.15) is 10.1 Å². The standard InChI is InChI=1S/C19H21N5O2/c1-23-10-13(9-20-23)8-17(25)24-11-14-6-7-19(14,12-24)22-18-21-15-4-2-3-5-16(15)26-18/h2-5,9-10,14H,6-8,11-12H2,1H3,(H,21,22). The minimum absolute atomic E-state index is 0.106. The average molecular weight is 351 g/mol. The smallest absolute Gasteiger partial charge is 0.296 e. The second kappa shape index (κ2) is 5.59. The normalized spacial score (nSPS) is 24.5. The molecule has 2 aliphatic rings. The van der Waals surface area contributed by atoms with Crippen LogP contribution in [0.1, 0.15) is 18.4 Å². The van der Waals surface area contributed by atoms with Gasteiger partial charge in [0, 0.05) is 32.3 Å². The zero-order valence-electron chi connectivity index (χ0n) is 14.7. The van der Waals surface area contributed by atoms with Crippen molar-refractivity contribution in [3.63, 3.8) is 0 Å². The van der Waals surface area contributed by atoms with E-state index in [4.69, 9.17) is 4.42 Å². The maximum atomic E-state index is 12.7. The highest BCUT2D eigenvalue weighted by Gasteiger charge is 2.54. The fraction of sp³-hybridized carbons (Fsp3) is 0.421. The van der Waals surface area contributed by atoms with E-state index in [9.17, 15) is 4.79 Å². The lowest BCUT2D eigenvalue weighted by atomic mass is 9.69. The van der Waals surface area contributed by atoms with Crippen molar-refractivity contribution in [1.82, 2.24) is 19.7 Å². The molecule has 1 aliphatic carbocycles. The third kappa shape index (κ3) is 2.46. The first-order valence-electron chi connectivity index (χ1n) is 9.00. The average Bonchev–Trinajstić information content (AvgIpc) is 3.27. The summed E-state index contributed by atoms with van der Waals surface area (Å²) < 4.78 is 7.56. The van der Waals surface area contributed by atoms with Crippen molar-refractivity contribution in [2.45, 2.75) is 24.8 Å². The number of aromatic nitrogens is 3. The summed E-state index contributed by atoms with van der Waals surface area (Å²) in [6, 6.07) is 8.31. The first kappa shape index (κ1) is 15.4. The van der Waals surface area contributed by atoms with Gasteiger partial charge in [0.15, 0.2) is 5.58 Å². The Bertz CT molecular complexity index is 944. The fourth-order valence-electron chi connectivity index (χ4n) is 4.22. The lowest BCUT2D eigenvalue weighted by molar-refractivity contribution is -0.129. The number of nitrogens with one attached hydrogen (secondary N) is 1. The summed E-state index contributed by atoms with van der Waals surface area (Å²) in [6.45, 7) is 1.50. The number of amides is 1. The Morgan fingerprint density at radius 1 is 1.42 bits per heavy atom. The molecule has 1 amide bonds. The van der Waals surface area contributed by atoms with E-state index in [1.165, 1.54) is 0 Å². The van der Waals surface area contributed by atoms with Crippen molar-refractivity contribution in [1.29, 1.82) is 0 Å². The van der Waals surface area contributed by atoms with Crippen LogP contribution in [0.25, 0.3) is 11.1 Å². The Kier molecular flexibility index (Phi) is 3.32. The van der Waals surface area contributed by atoms with Gasteiger partial charge in [-0.25, -0.2) is 0 Å². The molecule has 2 unspecified atom stereocenters. The van der Waals surface area contributed by atoms with Crippen LogP contribution in [-0.4, -0.2) is 44.2 Å². The van der Waals surface area contributed by atoms with Gasteiger partial charge >= 0.3 is 0 Å². The van der Waals surface area contributed by atoms with E-state index >= 15 is 0 Å². The molecule has 7 nitrogen and oxygen atoms in total. The van der Waals surface area contributed by atoms with Crippen LogP contribution in [0, 0.1) is 5.92 Å². The van der Waals surface area contributed by atoms with E-state index in [-0.39, 0.29) is 11.4 Å². The number of oxazole rings is 1. The maximum Gasteiger partial charge on any atom is 0.296 e. The van der Waals surface area contributed by atoms with Gasteiger partial charge < -0.3 is 14.6 Å². The molecule has 1 saturated heterocycles. The Hall–Kier alpha value is -2.83. The molecule has 0 spiro atoms. The second-order valence-corrected chi connectivity index (χ2v) is 7.48. The van der Waals surface area contributed by atoms with Gasteiger partial charge in [0.05, 0.1) is 18.2 Å². The number of carbonyl (C=O) groups excluding carboxylic acids is 1. The van der Waals surface area contributed by atoms with Crippen LogP contribution in [-0.2, 0) is 18.3 Å². The van der Waals surface area contributed by atoms with Crippen molar-refractivity contribution in [3.05, 3.63) is 42.2 Å². The molecule has 1 saturated carbocycles. The molecule has 2 atom stereocenters. The van der Waals surface area contributed by atoms with Crippen molar-refractivity contribution < 1.29 is 9.21 Å². The van der Waals surface area contributed by atoms with E-state index in [0.29, 0.717) is 24.9 Å².